The first-order valence-electron chi connectivity index (χ1n) is 4.31. The van der Waals surface area contributed by atoms with Gasteiger partial charge in [0.1, 0.15) is 0 Å². The highest BCUT2D eigenvalue weighted by atomic mass is 16.7. The first-order valence-corrected chi connectivity index (χ1v) is 4.31. The maximum atomic E-state index is 8.96. The van der Waals surface area contributed by atoms with Crippen molar-refractivity contribution in [1.29, 1.82) is 0 Å². The van der Waals surface area contributed by atoms with E-state index in [1.165, 1.54) is 0 Å². The monoisotopic (exact) mass is 180 g/mol. The summed E-state index contributed by atoms with van der Waals surface area (Å²) < 4.78 is 10.4. The van der Waals surface area contributed by atoms with Gasteiger partial charge in [-0.25, -0.2) is 0 Å². The van der Waals surface area contributed by atoms with Crippen LogP contribution >= 0.6 is 0 Å². The SMILES string of the molecule is C[C@H](CO)c1ccc2c(c1)OCO2. The van der Waals surface area contributed by atoms with Gasteiger partial charge in [0.2, 0.25) is 6.79 Å². The fourth-order valence-corrected chi connectivity index (χ4v) is 1.33. The van der Waals surface area contributed by atoms with Crippen molar-refractivity contribution in [2.75, 3.05) is 13.4 Å². The Bertz CT molecular complexity index is 309. The minimum atomic E-state index is 0.148. The highest BCUT2D eigenvalue weighted by molar-refractivity contribution is 5.45. The fraction of sp³-hybridized carbons (Fsp3) is 0.400. The number of aliphatic hydroxyl groups is 1. The van der Waals surface area contributed by atoms with E-state index in [0.29, 0.717) is 6.79 Å². The van der Waals surface area contributed by atoms with Crippen molar-refractivity contribution in [3.63, 3.8) is 0 Å². The van der Waals surface area contributed by atoms with Crippen molar-refractivity contribution in [3.8, 4) is 11.5 Å². The largest absolute Gasteiger partial charge is 0.454 e. The van der Waals surface area contributed by atoms with E-state index in [2.05, 4.69) is 0 Å². The minimum Gasteiger partial charge on any atom is -0.454 e. The molecule has 0 aromatic heterocycles. The van der Waals surface area contributed by atoms with Crippen LogP contribution < -0.4 is 9.47 Å². The van der Waals surface area contributed by atoms with Crippen LogP contribution in [0.25, 0.3) is 0 Å². The molecule has 0 radical (unpaired) electrons. The molecular weight excluding hydrogens is 168 g/mol. The highest BCUT2D eigenvalue weighted by Crippen LogP contribution is 2.34. The zero-order valence-corrected chi connectivity index (χ0v) is 7.49. The van der Waals surface area contributed by atoms with E-state index in [-0.39, 0.29) is 12.5 Å². The lowest BCUT2D eigenvalue weighted by Crippen LogP contribution is -1.98. The third-order valence-corrected chi connectivity index (χ3v) is 2.24. The quantitative estimate of drug-likeness (QED) is 0.749. The molecule has 1 aromatic rings. The number of fused-ring (bicyclic) bond motifs is 1. The maximum Gasteiger partial charge on any atom is 0.231 e. The molecule has 1 heterocycles. The molecule has 2 rings (SSSR count). The van der Waals surface area contributed by atoms with Crippen molar-refractivity contribution in [2.45, 2.75) is 12.8 Å². The van der Waals surface area contributed by atoms with E-state index in [4.69, 9.17) is 14.6 Å². The Morgan fingerprint density at radius 1 is 1.38 bits per heavy atom. The summed E-state index contributed by atoms with van der Waals surface area (Å²) in [5, 5.41) is 8.96. The number of hydrogen-bond donors (Lipinski definition) is 1. The molecule has 0 bridgehead atoms. The second-order valence-electron chi connectivity index (χ2n) is 3.20. The third-order valence-electron chi connectivity index (χ3n) is 2.24. The molecule has 0 unspecified atom stereocenters. The first kappa shape index (κ1) is 8.38. The highest BCUT2D eigenvalue weighted by Gasteiger charge is 2.14. The first-order chi connectivity index (χ1) is 6.31. The van der Waals surface area contributed by atoms with E-state index in [1.54, 1.807) is 0 Å². The summed E-state index contributed by atoms with van der Waals surface area (Å²) >= 11 is 0. The number of ether oxygens (including phenoxy) is 2. The predicted molar refractivity (Wildman–Crippen MR) is 48.1 cm³/mol. The Labute approximate surface area is 76.9 Å². The Kier molecular flexibility index (Phi) is 2.10. The Morgan fingerprint density at radius 2 is 2.15 bits per heavy atom. The lowest BCUT2D eigenvalue weighted by Gasteiger charge is -2.08. The number of aliphatic hydroxyl groups excluding tert-OH is 1. The van der Waals surface area contributed by atoms with Crippen LogP contribution in [-0.2, 0) is 0 Å². The van der Waals surface area contributed by atoms with Crippen molar-refractivity contribution in [2.24, 2.45) is 0 Å². The zero-order valence-electron chi connectivity index (χ0n) is 7.49. The molecule has 3 nitrogen and oxygen atoms in total. The van der Waals surface area contributed by atoms with Gasteiger partial charge >= 0.3 is 0 Å². The number of rotatable bonds is 2. The molecule has 0 spiro atoms. The molecular formula is C10H12O3. The average molecular weight is 180 g/mol. The lowest BCUT2D eigenvalue weighted by molar-refractivity contribution is 0.174. The molecule has 1 aliphatic rings. The smallest absolute Gasteiger partial charge is 0.231 e. The third kappa shape index (κ3) is 1.47. The van der Waals surface area contributed by atoms with Crippen LogP contribution in [0.15, 0.2) is 18.2 Å². The molecule has 1 atom stereocenters. The second kappa shape index (κ2) is 3.26. The predicted octanol–water partition coefficient (Wildman–Crippen LogP) is 1.51. The topological polar surface area (TPSA) is 38.7 Å². The second-order valence-corrected chi connectivity index (χ2v) is 3.20. The molecule has 0 fully saturated rings. The van der Waals surface area contributed by atoms with Crippen molar-refractivity contribution < 1.29 is 14.6 Å². The summed E-state index contributed by atoms with van der Waals surface area (Å²) in [6, 6.07) is 5.75. The maximum absolute atomic E-state index is 8.96. The van der Waals surface area contributed by atoms with Crippen LogP contribution in [0.3, 0.4) is 0 Å². The molecule has 13 heavy (non-hydrogen) atoms. The zero-order chi connectivity index (χ0) is 9.26. The van der Waals surface area contributed by atoms with Crippen LogP contribution in [-0.4, -0.2) is 18.5 Å². The van der Waals surface area contributed by atoms with Gasteiger partial charge in [0.15, 0.2) is 11.5 Å². The van der Waals surface area contributed by atoms with Crippen LogP contribution in [0.4, 0.5) is 0 Å². The summed E-state index contributed by atoms with van der Waals surface area (Å²) in [7, 11) is 0. The van der Waals surface area contributed by atoms with Gasteiger partial charge in [-0.3, -0.25) is 0 Å². The molecule has 0 aliphatic carbocycles. The van der Waals surface area contributed by atoms with E-state index in [9.17, 15) is 0 Å². The van der Waals surface area contributed by atoms with Gasteiger partial charge in [-0.2, -0.15) is 0 Å². The van der Waals surface area contributed by atoms with Crippen LogP contribution in [0.1, 0.15) is 18.4 Å². The van der Waals surface area contributed by atoms with Gasteiger partial charge in [-0.15, -0.1) is 0 Å². The van der Waals surface area contributed by atoms with Gasteiger partial charge in [-0.1, -0.05) is 13.0 Å². The number of hydrogen-bond acceptors (Lipinski definition) is 3. The Morgan fingerprint density at radius 3 is 2.92 bits per heavy atom. The van der Waals surface area contributed by atoms with Crippen molar-refractivity contribution >= 4 is 0 Å². The van der Waals surface area contributed by atoms with E-state index in [1.807, 2.05) is 25.1 Å². The molecule has 1 N–H and O–H groups in total. The molecule has 1 aromatic carbocycles. The van der Waals surface area contributed by atoms with E-state index >= 15 is 0 Å². The fourth-order valence-electron chi connectivity index (χ4n) is 1.33. The summed E-state index contributed by atoms with van der Waals surface area (Å²) in [5.41, 5.74) is 1.08. The van der Waals surface area contributed by atoms with Gasteiger partial charge < -0.3 is 14.6 Å². The number of benzene rings is 1. The molecule has 3 heteroatoms. The van der Waals surface area contributed by atoms with Gasteiger partial charge in [-0.05, 0) is 17.7 Å². The van der Waals surface area contributed by atoms with E-state index in [0.717, 1.165) is 17.1 Å². The molecule has 0 amide bonds. The Balaban J connectivity index is 2.30. The van der Waals surface area contributed by atoms with Gasteiger partial charge in [0.25, 0.3) is 0 Å². The van der Waals surface area contributed by atoms with Gasteiger partial charge in [0, 0.05) is 12.5 Å². The van der Waals surface area contributed by atoms with Crippen LogP contribution in [0.2, 0.25) is 0 Å². The van der Waals surface area contributed by atoms with Crippen molar-refractivity contribution in [3.05, 3.63) is 23.8 Å². The summed E-state index contributed by atoms with van der Waals surface area (Å²) in [6.07, 6.45) is 0. The Hall–Kier alpha value is -1.22. The van der Waals surface area contributed by atoms with Crippen molar-refractivity contribution in [1.82, 2.24) is 0 Å². The molecule has 0 saturated carbocycles. The average Bonchev–Trinajstić information content (AvgIpc) is 2.63. The lowest BCUT2D eigenvalue weighted by atomic mass is 10.0. The molecule has 70 valence electrons. The van der Waals surface area contributed by atoms with Crippen LogP contribution in [0.5, 0.6) is 11.5 Å². The molecule has 0 saturated heterocycles. The van der Waals surface area contributed by atoms with Crippen LogP contribution in [0, 0.1) is 0 Å². The normalized spacial score (nSPS) is 15.8. The summed E-state index contributed by atoms with van der Waals surface area (Å²) in [4.78, 5) is 0. The summed E-state index contributed by atoms with van der Waals surface area (Å²) in [5.74, 6) is 1.71. The summed E-state index contributed by atoms with van der Waals surface area (Å²) in [6.45, 7) is 2.42. The molecule has 1 aliphatic heterocycles. The minimum absolute atomic E-state index is 0.148. The standard InChI is InChI=1S/C10H12O3/c1-7(5-11)8-2-3-9-10(4-8)13-6-12-9/h2-4,7,11H,5-6H2,1H3/t7-/m1/s1. The van der Waals surface area contributed by atoms with Gasteiger partial charge in [0.05, 0.1) is 0 Å². The van der Waals surface area contributed by atoms with E-state index < -0.39 is 0 Å².